The summed E-state index contributed by atoms with van der Waals surface area (Å²) in [5.41, 5.74) is 5.56. The third kappa shape index (κ3) is 4.08. The van der Waals surface area contributed by atoms with E-state index >= 15 is 0 Å². The highest BCUT2D eigenvalue weighted by atomic mass is 32.2. The Morgan fingerprint density at radius 2 is 1.45 bits per heavy atom. The van der Waals surface area contributed by atoms with Gasteiger partial charge in [0.05, 0.1) is 15.5 Å². The molecular formula is C26H23NO2S2. The first-order valence-electron chi connectivity index (χ1n) is 10.5. The lowest BCUT2D eigenvalue weighted by Crippen LogP contribution is -2.08. The number of hydrogen-bond donors (Lipinski definition) is 0. The normalized spacial score (nSPS) is 14.4. The van der Waals surface area contributed by atoms with Crippen molar-refractivity contribution in [2.24, 2.45) is 0 Å². The molecule has 0 atom stereocenters. The molecule has 5 rings (SSSR count). The van der Waals surface area contributed by atoms with E-state index in [0.29, 0.717) is 10.8 Å². The predicted molar refractivity (Wildman–Crippen MR) is 128 cm³/mol. The minimum atomic E-state index is -3.22. The third-order valence-corrected chi connectivity index (χ3v) is 8.24. The van der Waals surface area contributed by atoms with Crippen LogP contribution in [0.1, 0.15) is 30.7 Å². The molecule has 0 amide bonds. The summed E-state index contributed by atoms with van der Waals surface area (Å²) in [6.07, 6.45) is 5.14. The predicted octanol–water partition coefficient (Wildman–Crippen LogP) is 6.82. The van der Waals surface area contributed by atoms with Crippen LogP contribution in [0.4, 0.5) is 0 Å². The maximum absolute atomic E-state index is 11.8. The molecule has 3 aromatic carbocycles. The Hall–Kier alpha value is -2.76. The van der Waals surface area contributed by atoms with Crippen molar-refractivity contribution in [1.82, 2.24) is 4.98 Å². The first kappa shape index (κ1) is 20.2. The van der Waals surface area contributed by atoms with E-state index in [4.69, 9.17) is 4.98 Å². The lowest BCUT2D eigenvalue weighted by atomic mass is 9.80. The summed E-state index contributed by atoms with van der Waals surface area (Å²) in [7, 11) is -3.22. The van der Waals surface area contributed by atoms with Crippen molar-refractivity contribution in [3.8, 4) is 32.3 Å². The van der Waals surface area contributed by atoms with E-state index in [1.807, 2.05) is 30.3 Å². The van der Waals surface area contributed by atoms with Gasteiger partial charge in [-0.25, -0.2) is 13.4 Å². The van der Waals surface area contributed by atoms with Crippen LogP contribution in [0.5, 0.6) is 0 Å². The van der Waals surface area contributed by atoms with Gasteiger partial charge in [0.15, 0.2) is 9.84 Å². The average molecular weight is 446 g/mol. The van der Waals surface area contributed by atoms with E-state index in [1.165, 1.54) is 31.1 Å². The number of benzene rings is 3. The number of sulfone groups is 1. The Bertz CT molecular complexity index is 1300. The van der Waals surface area contributed by atoms with Crippen molar-refractivity contribution in [2.75, 3.05) is 6.26 Å². The molecule has 0 spiro atoms. The van der Waals surface area contributed by atoms with Crippen molar-refractivity contribution < 1.29 is 8.42 Å². The number of hydrogen-bond acceptors (Lipinski definition) is 4. The Kier molecular flexibility index (Phi) is 5.24. The van der Waals surface area contributed by atoms with Gasteiger partial charge in [0, 0.05) is 17.4 Å². The zero-order valence-electron chi connectivity index (χ0n) is 17.3. The molecule has 31 heavy (non-hydrogen) atoms. The molecule has 1 aliphatic rings. The van der Waals surface area contributed by atoms with Gasteiger partial charge >= 0.3 is 0 Å². The molecule has 3 nitrogen and oxygen atoms in total. The average Bonchev–Trinajstić information content (AvgIpc) is 3.19. The van der Waals surface area contributed by atoms with Crippen LogP contribution in [0.3, 0.4) is 0 Å². The van der Waals surface area contributed by atoms with Crippen LogP contribution in [-0.4, -0.2) is 19.7 Å². The molecule has 1 saturated carbocycles. The van der Waals surface area contributed by atoms with Crippen LogP contribution >= 0.6 is 11.3 Å². The smallest absolute Gasteiger partial charge is 0.175 e. The van der Waals surface area contributed by atoms with Crippen LogP contribution in [0.15, 0.2) is 83.8 Å². The lowest BCUT2D eigenvalue weighted by Gasteiger charge is -2.25. The van der Waals surface area contributed by atoms with Gasteiger partial charge in [0.2, 0.25) is 0 Å². The van der Waals surface area contributed by atoms with Crippen molar-refractivity contribution in [1.29, 1.82) is 0 Å². The highest BCUT2D eigenvalue weighted by Gasteiger charge is 2.20. The fourth-order valence-electron chi connectivity index (χ4n) is 3.92. The standard InChI is InChI=1S/C26H23NO2S2/c1-31(28,29)23-16-14-22(15-17-23)26-27-24(25(30-26)21-6-3-2-4-7-21)20-12-10-19(11-13-20)18-8-5-9-18/h2-4,6-7,10-18H,5,8-9H2,1H3. The largest absolute Gasteiger partial charge is 0.235 e. The summed E-state index contributed by atoms with van der Waals surface area (Å²) in [6, 6.07) is 26.2. The van der Waals surface area contributed by atoms with Crippen molar-refractivity contribution in [3.63, 3.8) is 0 Å². The second-order valence-corrected chi connectivity index (χ2v) is 11.1. The Balaban J connectivity index is 1.57. The summed E-state index contributed by atoms with van der Waals surface area (Å²) in [5.74, 6) is 0.710. The molecule has 0 saturated heterocycles. The van der Waals surface area contributed by atoms with Gasteiger partial charge in [0.25, 0.3) is 0 Å². The first-order valence-corrected chi connectivity index (χ1v) is 13.2. The third-order valence-electron chi connectivity index (χ3n) is 5.95. The Labute approximate surface area is 187 Å². The van der Waals surface area contributed by atoms with Crippen molar-refractivity contribution >= 4 is 21.2 Å². The van der Waals surface area contributed by atoms with E-state index in [0.717, 1.165) is 32.3 Å². The molecule has 5 heteroatoms. The molecule has 156 valence electrons. The van der Waals surface area contributed by atoms with Gasteiger partial charge in [-0.3, -0.25) is 0 Å². The number of aromatic nitrogens is 1. The molecule has 0 radical (unpaired) electrons. The highest BCUT2D eigenvalue weighted by Crippen LogP contribution is 2.42. The monoisotopic (exact) mass is 445 g/mol. The number of nitrogens with zero attached hydrogens (tertiary/aromatic N) is 1. The maximum Gasteiger partial charge on any atom is 0.175 e. The fourth-order valence-corrected chi connectivity index (χ4v) is 5.65. The molecule has 1 heterocycles. The van der Waals surface area contributed by atoms with Gasteiger partial charge in [-0.2, -0.15) is 0 Å². The van der Waals surface area contributed by atoms with Gasteiger partial charge in [-0.15, -0.1) is 11.3 Å². The summed E-state index contributed by atoms with van der Waals surface area (Å²) in [5, 5.41) is 0.886. The molecule has 0 bridgehead atoms. The summed E-state index contributed by atoms with van der Waals surface area (Å²) >= 11 is 1.64. The Morgan fingerprint density at radius 1 is 0.806 bits per heavy atom. The summed E-state index contributed by atoms with van der Waals surface area (Å²) < 4.78 is 23.6. The Morgan fingerprint density at radius 3 is 2.03 bits per heavy atom. The van der Waals surface area contributed by atoms with Gasteiger partial charge in [-0.05, 0) is 42.0 Å². The van der Waals surface area contributed by atoms with E-state index in [9.17, 15) is 8.42 Å². The minimum absolute atomic E-state index is 0.322. The van der Waals surface area contributed by atoms with Crippen LogP contribution in [-0.2, 0) is 9.84 Å². The van der Waals surface area contributed by atoms with E-state index in [-0.39, 0.29) is 0 Å². The van der Waals surface area contributed by atoms with Crippen LogP contribution < -0.4 is 0 Å². The fraction of sp³-hybridized carbons (Fsp3) is 0.192. The zero-order chi connectivity index (χ0) is 21.4. The zero-order valence-corrected chi connectivity index (χ0v) is 18.9. The molecule has 0 aliphatic heterocycles. The minimum Gasteiger partial charge on any atom is -0.235 e. The van der Waals surface area contributed by atoms with Gasteiger partial charge < -0.3 is 0 Å². The molecule has 1 aliphatic carbocycles. The summed E-state index contributed by atoms with van der Waals surface area (Å²) in [6.45, 7) is 0. The molecule has 1 aromatic heterocycles. The number of thiazole rings is 1. The molecule has 1 fully saturated rings. The van der Waals surface area contributed by atoms with Gasteiger partial charge in [0.1, 0.15) is 5.01 Å². The van der Waals surface area contributed by atoms with Crippen molar-refractivity contribution in [3.05, 3.63) is 84.4 Å². The summed E-state index contributed by atoms with van der Waals surface area (Å²) in [4.78, 5) is 6.44. The second-order valence-electron chi connectivity index (χ2n) is 8.11. The highest BCUT2D eigenvalue weighted by molar-refractivity contribution is 7.90. The molecular weight excluding hydrogens is 422 g/mol. The second kappa shape index (κ2) is 8.06. The maximum atomic E-state index is 11.8. The van der Waals surface area contributed by atoms with E-state index in [1.54, 1.807) is 23.5 Å². The van der Waals surface area contributed by atoms with Crippen LogP contribution in [0.25, 0.3) is 32.3 Å². The number of rotatable bonds is 5. The van der Waals surface area contributed by atoms with E-state index < -0.39 is 9.84 Å². The van der Waals surface area contributed by atoms with Crippen LogP contribution in [0, 0.1) is 0 Å². The van der Waals surface area contributed by atoms with E-state index in [2.05, 4.69) is 36.4 Å². The van der Waals surface area contributed by atoms with Crippen molar-refractivity contribution in [2.45, 2.75) is 30.1 Å². The van der Waals surface area contributed by atoms with Gasteiger partial charge in [-0.1, -0.05) is 73.2 Å². The molecule has 0 N–H and O–H groups in total. The molecule has 0 unspecified atom stereocenters. The SMILES string of the molecule is CS(=O)(=O)c1ccc(-c2nc(-c3ccc(C4CCC4)cc3)c(-c3ccccc3)s2)cc1. The van der Waals surface area contributed by atoms with Crippen LogP contribution in [0.2, 0.25) is 0 Å². The lowest BCUT2D eigenvalue weighted by molar-refractivity contribution is 0.420. The topological polar surface area (TPSA) is 47.0 Å². The quantitative estimate of drug-likeness (QED) is 0.339. The molecule has 4 aromatic rings. The first-order chi connectivity index (χ1) is 15.0.